The minimum atomic E-state index is 0.0399. The fourth-order valence-corrected chi connectivity index (χ4v) is 3.77. The highest BCUT2D eigenvalue weighted by atomic mass is 32.1. The Labute approximate surface area is 129 Å². The van der Waals surface area contributed by atoms with Crippen LogP contribution in [0.5, 0.6) is 0 Å². The zero-order chi connectivity index (χ0) is 14.7. The van der Waals surface area contributed by atoms with Crippen LogP contribution in [0.15, 0.2) is 41.8 Å². The number of carbonyl (C=O) groups is 1. The van der Waals surface area contributed by atoms with E-state index in [-0.39, 0.29) is 12.1 Å². The summed E-state index contributed by atoms with van der Waals surface area (Å²) in [6.45, 7) is 3.58. The van der Waals surface area contributed by atoms with Crippen molar-refractivity contribution in [2.24, 2.45) is 0 Å². The molecule has 1 unspecified atom stereocenters. The number of thiophene rings is 1. The number of nitrogens with zero attached hydrogens (tertiary/aromatic N) is 1. The van der Waals surface area contributed by atoms with E-state index < -0.39 is 0 Å². The Kier molecular flexibility index (Phi) is 4.25. The molecule has 1 aromatic heterocycles. The maximum atomic E-state index is 12.5. The lowest BCUT2D eigenvalue weighted by molar-refractivity contribution is 0.181. The Morgan fingerprint density at radius 1 is 1.33 bits per heavy atom. The van der Waals surface area contributed by atoms with E-state index in [1.54, 1.807) is 11.3 Å². The fraction of sp³-hybridized carbons (Fsp3) is 0.353. The monoisotopic (exact) mass is 300 g/mol. The van der Waals surface area contributed by atoms with Crippen molar-refractivity contribution in [3.63, 3.8) is 0 Å². The van der Waals surface area contributed by atoms with Gasteiger partial charge in [-0.2, -0.15) is 0 Å². The second kappa shape index (κ2) is 6.31. The molecule has 2 heterocycles. The summed E-state index contributed by atoms with van der Waals surface area (Å²) in [7, 11) is 0. The minimum absolute atomic E-state index is 0.0399. The summed E-state index contributed by atoms with van der Waals surface area (Å²) in [4.78, 5) is 15.9. The molecule has 1 atom stereocenters. The van der Waals surface area contributed by atoms with Gasteiger partial charge < -0.3 is 10.2 Å². The second-order valence-electron chi connectivity index (χ2n) is 5.29. The molecule has 2 amide bonds. The quantitative estimate of drug-likeness (QED) is 0.918. The van der Waals surface area contributed by atoms with E-state index >= 15 is 0 Å². The van der Waals surface area contributed by atoms with Gasteiger partial charge >= 0.3 is 6.03 Å². The Bertz CT molecular complexity index is 608. The third-order valence-electron chi connectivity index (χ3n) is 3.87. The Hall–Kier alpha value is -1.81. The molecule has 3 nitrogen and oxygen atoms in total. The van der Waals surface area contributed by atoms with Crippen molar-refractivity contribution in [3.05, 3.63) is 57.8 Å². The molecule has 1 N–H and O–H groups in total. The molecule has 0 fully saturated rings. The Morgan fingerprint density at radius 3 is 2.90 bits per heavy atom. The summed E-state index contributed by atoms with van der Waals surface area (Å²) >= 11 is 1.80. The molecule has 1 aliphatic heterocycles. The molecule has 0 spiro atoms. The molecule has 0 aliphatic carbocycles. The molecule has 2 aromatic rings. The summed E-state index contributed by atoms with van der Waals surface area (Å²) in [5, 5.41) is 5.15. The largest absolute Gasteiger partial charge is 0.338 e. The predicted octanol–water partition coefficient (Wildman–Crippen LogP) is 3.82. The number of hydrogen-bond acceptors (Lipinski definition) is 2. The van der Waals surface area contributed by atoms with Crippen LogP contribution in [-0.4, -0.2) is 24.0 Å². The van der Waals surface area contributed by atoms with E-state index in [2.05, 4.69) is 35.8 Å². The van der Waals surface area contributed by atoms with E-state index in [0.29, 0.717) is 0 Å². The summed E-state index contributed by atoms with van der Waals surface area (Å²) in [5.74, 6) is 0. The van der Waals surface area contributed by atoms with E-state index in [4.69, 9.17) is 0 Å². The zero-order valence-corrected chi connectivity index (χ0v) is 13.0. The molecule has 21 heavy (non-hydrogen) atoms. The molecule has 110 valence electrons. The average molecular weight is 300 g/mol. The summed E-state index contributed by atoms with van der Waals surface area (Å²) in [5.41, 5.74) is 2.47. The van der Waals surface area contributed by atoms with Gasteiger partial charge in [0, 0.05) is 18.0 Å². The van der Waals surface area contributed by atoms with Crippen LogP contribution in [0.2, 0.25) is 0 Å². The molecule has 0 radical (unpaired) electrons. The first kappa shape index (κ1) is 14.1. The third kappa shape index (κ3) is 2.81. The van der Waals surface area contributed by atoms with Gasteiger partial charge in [0.05, 0.1) is 6.04 Å². The first-order chi connectivity index (χ1) is 10.3. The Morgan fingerprint density at radius 2 is 2.14 bits per heavy atom. The first-order valence-electron chi connectivity index (χ1n) is 7.47. The van der Waals surface area contributed by atoms with Crippen molar-refractivity contribution in [2.45, 2.75) is 25.8 Å². The highest BCUT2D eigenvalue weighted by Crippen LogP contribution is 2.37. The molecule has 1 aromatic carbocycles. The van der Waals surface area contributed by atoms with Gasteiger partial charge in [-0.3, -0.25) is 0 Å². The highest BCUT2D eigenvalue weighted by Gasteiger charge is 2.32. The standard InChI is InChI=1S/C17H20N2OS/c1-2-10-18-17(20)19-11-8-15-14(9-12-21-15)16(19)13-6-4-3-5-7-13/h3-7,9,12,16H,2,8,10-11H2,1H3,(H,18,20). The molecule has 3 rings (SSSR count). The number of urea groups is 1. The Balaban J connectivity index is 1.95. The molecule has 0 bridgehead atoms. The van der Waals surface area contributed by atoms with Gasteiger partial charge in [-0.1, -0.05) is 37.3 Å². The normalized spacial score (nSPS) is 17.4. The fourth-order valence-electron chi connectivity index (χ4n) is 2.86. The van der Waals surface area contributed by atoms with E-state index in [1.807, 2.05) is 23.1 Å². The summed E-state index contributed by atoms with van der Waals surface area (Å²) in [6, 6.07) is 12.6. The lowest BCUT2D eigenvalue weighted by Gasteiger charge is -2.36. The van der Waals surface area contributed by atoms with Crippen LogP contribution in [0.25, 0.3) is 0 Å². The first-order valence-corrected chi connectivity index (χ1v) is 8.35. The molecular formula is C17H20N2OS. The van der Waals surface area contributed by atoms with E-state index in [1.165, 1.54) is 16.0 Å². The van der Waals surface area contributed by atoms with Crippen LogP contribution in [0.3, 0.4) is 0 Å². The van der Waals surface area contributed by atoms with Crippen molar-refractivity contribution in [1.29, 1.82) is 0 Å². The molecule has 0 saturated carbocycles. The van der Waals surface area contributed by atoms with Crippen LogP contribution in [0.1, 0.15) is 35.4 Å². The van der Waals surface area contributed by atoms with Crippen molar-refractivity contribution in [1.82, 2.24) is 10.2 Å². The predicted molar refractivity (Wildman–Crippen MR) is 86.7 cm³/mol. The maximum Gasteiger partial charge on any atom is 0.318 e. The van der Waals surface area contributed by atoms with Gasteiger partial charge in [-0.25, -0.2) is 4.79 Å². The van der Waals surface area contributed by atoms with Crippen molar-refractivity contribution in [2.75, 3.05) is 13.1 Å². The number of carbonyl (C=O) groups excluding carboxylic acids is 1. The molecule has 4 heteroatoms. The van der Waals surface area contributed by atoms with Crippen LogP contribution < -0.4 is 5.32 Å². The van der Waals surface area contributed by atoms with Gasteiger partial charge in [0.25, 0.3) is 0 Å². The van der Waals surface area contributed by atoms with E-state index in [9.17, 15) is 4.79 Å². The van der Waals surface area contributed by atoms with Crippen molar-refractivity contribution >= 4 is 17.4 Å². The van der Waals surface area contributed by atoms with Gasteiger partial charge in [0.2, 0.25) is 0 Å². The van der Waals surface area contributed by atoms with Gasteiger partial charge in [-0.05, 0) is 35.4 Å². The maximum absolute atomic E-state index is 12.5. The van der Waals surface area contributed by atoms with Crippen LogP contribution >= 0.6 is 11.3 Å². The topological polar surface area (TPSA) is 32.3 Å². The lowest BCUT2D eigenvalue weighted by Crippen LogP contribution is -2.45. The van der Waals surface area contributed by atoms with E-state index in [0.717, 1.165) is 25.9 Å². The van der Waals surface area contributed by atoms with Crippen molar-refractivity contribution < 1.29 is 4.79 Å². The van der Waals surface area contributed by atoms with Crippen LogP contribution in [-0.2, 0) is 6.42 Å². The smallest absolute Gasteiger partial charge is 0.318 e. The number of fused-ring (bicyclic) bond motifs is 1. The molecule has 1 aliphatic rings. The van der Waals surface area contributed by atoms with Crippen LogP contribution in [0, 0.1) is 0 Å². The highest BCUT2D eigenvalue weighted by molar-refractivity contribution is 7.10. The SMILES string of the molecule is CCCNC(=O)N1CCc2sccc2C1c1ccccc1. The van der Waals surface area contributed by atoms with Crippen LogP contribution in [0.4, 0.5) is 4.79 Å². The lowest BCUT2D eigenvalue weighted by atomic mass is 9.93. The average Bonchev–Trinajstić information content (AvgIpc) is 3.01. The summed E-state index contributed by atoms with van der Waals surface area (Å²) < 4.78 is 0. The van der Waals surface area contributed by atoms with Crippen molar-refractivity contribution in [3.8, 4) is 0 Å². The molecule has 0 saturated heterocycles. The number of rotatable bonds is 3. The number of hydrogen-bond donors (Lipinski definition) is 1. The van der Waals surface area contributed by atoms with Gasteiger partial charge in [0.1, 0.15) is 0 Å². The van der Waals surface area contributed by atoms with Gasteiger partial charge in [-0.15, -0.1) is 11.3 Å². The second-order valence-corrected chi connectivity index (χ2v) is 6.29. The summed E-state index contributed by atoms with van der Waals surface area (Å²) in [6.07, 6.45) is 1.91. The number of amides is 2. The third-order valence-corrected chi connectivity index (χ3v) is 4.86. The minimum Gasteiger partial charge on any atom is -0.338 e. The molecular weight excluding hydrogens is 280 g/mol. The van der Waals surface area contributed by atoms with Gasteiger partial charge in [0.15, 0.2) is 0 Å². The number of benzene rings is 1. The zero-order valence-electron chi connectivity index (χ0n) is 12.2. The number of nitrogens with one attached hydrogen (secondary N) is 1.